The van der Waals surface area contributed by atoms with Crippen molar-refractivity contribution in [2.24, 2.45) is 10.9 Å². The minimum Gasteiger partial charge on any atom is -0.381 e. The summed E-state index contributed by atoms with van der Waals surface area (Å²) < 4.78 is 5.79. The van der Waals surface area contributed by atoms with Crippen molar-refractivity contribution in [3.05, 3.63) is 0 Å². The van der Waals surface area contributed by atoms with Gasteiger partial charge in [0.1, 0.15) is 0 Å². The zero-order chi connectivity index (χ0) is 13.6. The smallest absolute Gasteiger partial charge is 0.191 e. The molecule has 2 N–H and O–H groups in total. The third-order valence-electron chi connectivity index (χ3n) is 4.42. The highest BCUT2D eigenvalue weighted by Gasteiger charge is 2.31. The third-order valence-corrected chi connectivity index (χ3v) is 5.84. The molecule has 0 aromatic heterocycles. The van der Waals surface area contributed by atoms with Gasteiger partial charge in [0.25, 0.3) is 0 Å². The van der Waals surface area contributed by atoms with E-state index in [4.69, 9.17) is 4.74 Å². The Balaban J connectivity index is 1.74. The van der Waals surface area contributed by atoms with Crippen molar-refractivity contribution in [1.29, 1.82) is 0 Å². The van der Waals surface area contributed by atoms with E-state index < -0.39 is 0 Å². The van der Waals surface area contributed by atoms with Crippen molar-refractivity contribution in [1.82, 2.24) is 10.6 Å². The molecule has 1 saturated heterocycles. The van der Waals surface area contributed by atoms with Crippen molar-refractivity contribution in [2.75, 3.05) is 39.6 Å². The van der Waals surface area contributed by atoms with Crippen LogP contribution in [0.4, 0.5) is 0 Å². The van der Waals surface area contributed by atoms with Crippen LogP contribution in [0.1, 0.15) is 32.1 Å². The molecule has 0 amide bonds. The lowest BCUT2D eigenvalue weighted by Crippen LogP contribution is -2.48. The molecule has 0 spiro atoms. The second-order valence-corrected chi connectivity index (χ2v) is 6.88. The Bertz CT molecular complexity index is 299. The number of rotatable bonds is 5. The van der Waals surface area contributed by atoms with Crippen LogP contribution in [0, 0.1) is 5.92 Å². The standard InChI is InChI=1S/C14H27N3OS/c1-15-13(16-10-12-4-3-5-12)17-11-14(19-2)6-8-18-9-7-14/h12H,3-11H2,1-2H3,(H2,15,16,17). The van der Waals surface area contributed by atoms with E-state index in [1.807, 2.05) is 18.8 Å². The number of thioether (sulfide) groups is 1. The van der Waals surface area contributed by atoms with Gasteiger partial charge in [-0.2, -0.15) is 11.8 Å². The van der Waals surface area contributed by atoms with Gasteiger partial charge < -0.3 is 15.4 Å². The minimum absolute atomic E-state index is 0.312. The Morgan fingerprint density at radius 3 is 2.58 bits per heavy atom. The fraction of sp³-hybridized carbons (Fsp3) is 0.929. The lowest BCUT2D eigenvalue weighted by Gasteiger charge is -2.36. The molecule has 2 fully saturated rings. The molecule has 1 heterocycles. The summed E-state index contributed by atoms with van der Waals surface area (Å²) in [6.07, 6.45) is 8.60. The summed E-state index contributed by atoms with van der Waals surface area (Å²) in [6.45, 7) is 3.81. The number of nitrogens with zero attached hydrogens (tertiary/aromatic N) is 1. The minimum atomic E-state index is 0.312. The summed E-state index contributed by atoms with van der Waals surface area (Å²) in [7, 11) is 1.85. The first-order chi connectivity index (χ1) is 9.28. The molecule has 0 aromatic rings. The van der Waals surface area contributed by atoms with Crippen molar-refractivity contribution >= 4 is 17.7 Å². The Morgan fingerprint density at radius 1 is 1.32 bits per heavy atom. The molecular weight excluding hydrogens is 258 g/mol. The zero-order valence-electron chi connectivity index (χ0n) is 12.2. The van der Waals surface area contributed by atoms with Crippen LogP contribution in [0.25, 0.3) is 0 Å². The van der Waals surface area contributed by atoms with Gasteiger partial charge in [0.2, 0.25) is 0 Å². The Kier molecular flexibility index (Phi) is 5.82. The fourth-order valence-electron chi connectivity index (χ4n) is 2.60. The molecule has 5 heteroatoms. The van der Waals surface area contributed by atoms with Gasteiger partial charge in [0, 0.05) is 38.1 Å². The monoisotopic (exact) mass is 285 g/mol. The zero-order valence-corrected chi connectivity index (χ0v) is 13.0. The quantitative estimate of drug-likeness (QED) is 0.598. The largest absolute Gasteiger partial charge is 0.381 e. The highest BCUT2D eigenvalue weighted by Crippen LogP contribution is 2.33. The SMILES string of the molecule is CN=C(NCC1CCC1)NCC1(SC)CCOCC1. The van der Waals surface area contributed by atoms with Gasteiger partial charge >= 0.3 is 0 Å². The Hall–Kier alpha value is -0.420. The van der Waals surface area contributed by atoms with E-state index in [1.54, 1.807) is 0 Å². The van der Waals surface area contributed by atoms with Crippen LogP contribution in [0.2, 0.25) is 0 Å². The number of nitrogens with one attached hydrogen (secondary N) is 2. The fourth-order valence-corrected chi connectivity index (χ4v) is 3.39. The van der Waals surface area contributed by atoms with Crippen LogP contribution < -0.4 is 10.6 Å². The molecular formula is C14H27N3OS. The van der Waals surface area contributed by atoms with Gasteiger partial charge in [-0.25, -0.2) is 0 Å². The molecule has 1 saturated carbocycles. The summed E-state index contributed by atoms with van der Waals surface area (Å²) in [5.74, 6) is 1.81. The summed E-state index contributed by atoms with van der Waals surface area (Å²) in [6, 6.07) is 0. The lowest BCUT2D eigenvalue weighted by atomic mass is 9.85. The van der Waals surface area contributed by atoms with E-state index in [0.717, 1.165) is 51.0 Å². The van der Waals surface area contributed by atoms with Crippen LogP contribution in [0.15, 0.2) is 4.99 Å². The molecule has 0 aromatic carbocycles. The molecule has 0 atom stereocenters. The van der Waals surface area contributed by atoms with Crippen LogP contribution >= 0.6 is 11.8 Å². The van der Waals surface area contributed by atoms with Gasteiger partial charge in [-0.1, -0.05) is 6.42 Å². The molecule has 4 nitrogen and oxygen atoms in total. The van der Waals surface area contributed by atoms with Crippen molar-refractivity contribution < 1.29 is 4.74 Å². The molecule has 0 bridgehead atoms. The van der Waals surface area contributed by atoms with Gasteiger partial charge in [-0.05, 0) is 37.9 Å². The molecule has 1 aliphatic carbocycles. The predicted molar refractivity (Wildman–Crippen MR) is 83.0 cm³/mol. The second-order valence-electron chi connectivity index (χ2n) is 5.60. The maximum atomic E-state index is 5.47. The normalized spacial score (nSPS) is 23.8. The lowest BCUT2D eigenvalue weighted by molar-refractivity contribution is 0.0782. The first kappa shape index (κ1) is 15.0. The third kappa shape index (κ3) is 4.28. The first-order valence-electron chi connectivity index (χ1n) is 7.35. The summed E-state index contributed by atoms with van der Waals surface area (Å²) >= 11 is 1.96. The molecule has 1 aliphatic heterocycles. The first-order valence-corrected chi connectivity index (χ1v) is 8.58. The number of guanidine groups is 1. The van der Waals surface area contributed by atoms with E-state index in [9.17, 15) is 0 Å². The van der Waals surface area contributed by atoms with Crippen LogP contribution in [0.3, 0.4) is 0 Å². The molecule has 0 unspecified atom stereocenters. The maximum Gasteiger partial charge on any atom is 0.191 e. The van der Waals surface area contributed by atoms with E-state index in [2.05, 4.69) is 21.9 Å². The number of hydrogen-bond donors (Lipinski definition) is 2. The average molecular weight is 285 g/mol. The number of aliphatic imine (C=N–C) groups is 1. The van der Waals surface area contributed by atoms with E-state index in [1.165, 1.54) is 19.3 Å². The van der Waals surface area contributed by atoms with Gasteiger partial charge in [0.05, 0.1) is 0 Å². The topological polar surface area (TPSA) is 45.7 Å². The maximum absolute atomic E-state index is 5.47. The van der Waals surface area contributed by atoms with E-state index in [0.29, 0.717) is 4.75 Å². The number of ether oxygens (including phenoxy) is 1. The van der Waals surface area contributed by atoms with Crippen LogP contribution in [-0.4, -0.2) is 50.3 Å². The van der Waals surface area contributed by atoms with Gasteiger partial charge in [0.15, 0.2) is 5.96 Å². The molecule has 19 heavy (non-hydrogen) atoms. The van der Waals surface area contributed by atoms with Crippen molar-refractivity contribution in [3.8, 4) is 0 Å². The second kappa shape index (κ2) is 7.39. The molecule has 2 rings (SSSR count). The molecule has 2 aliphatic rings. The van der Waals surface area contributed by atoms with Crippen molar-refractivity contribution in [3.63, 3.8) is 0 Å². The molecule has 110 valence electrons. The Morgan fingerprint density at radius 2 is 2.05 bits per heavy atom. The number of hydrogen-bond acceptors (Lipinski definition) is 3. The van der Waals surface area contributed by atoms with Gasteiger partial charge in [-0.3, -0.25) is 4.99 Å². The highest BCUT2D eigenvalue weighted by atomic mass is 32.2. The van der Waals surface area contributed by atoms with Crippen LogP contribution in [0.5, 0.6) is 0 Å². The van der Waals surface area contributed by atoms with Crippen LogP contribution in [-0.2, 0) is 4.74 Å². The van der Waals surface area contributed by atoms with Gasteiger partial charge in [-0.15, -0.1) is 0 Å². The molecule has 0 radical (unpaired) electrons. The Labute approximate surface area is 121 Å². The summed E-state index contributed by atoms with van der Waals surface area (Å²) in [5.41, 5.74) is 0. The van der Waals surface area contributed by atoms with E-state index in [-0.39, 0.29) is 0 Å². The highest BCUT2D eigenvalue weighted by molar-refractivity contribution is 8.00. The van der Waals surface area contributed by atoms with E-state index >= 15 is 0 Å². The van der Waals surface area contributed by atoms with Crippen molar-refractivity contribution in [2.45, 2.75) is 36.9 Å². The average Bonchev–Trinajstić information content (AvgIpc) is 2.41. The summed E-state index contributed by atoms with van der Waals surface area (Å²) in [5, 5.41) is 6.95. The summed E-state index contributed by atoms with van der Waals surface area (Å²) in [4.78, 5) is 4.32. The predicted octanol–water partition coefficient (Wildman–Crippen LogP) is 1.86.